The van der Waals surface area contributed by atoms with Gasteiger partial charge in [0, 0.05) is 30.2 Å². The van der Waals surface area contributed by atoms with Gasteiger partial charge in [0.1, 0.15) is 17.4 Å². The van der Waals surface area contributed by atoms with Crippen LogP contribution in [0, 0.1) is 0 Å². The van der Waals surface area contributed by atoms with Crippen molar-refractivity contribution >= 4 is 28.1 Å². The zero-order chi connectivity index (χ0) is 23.5. The van der Waals surface area contributed by atoms with E-state index < -0.39 is 5.97 Å². The molecule has 2 unspecified atom stereocenters. The van der Waals surface area contributed by atoms with Crippen LogP contribution in [0.25, 0.3) is 21.3 Å². The highest BCUT2D eigenvalue weighted by Gasteiger charge is 2.22. The normalized spacial score (nSPS) is 18.1. The summed E-state index contributed by atoms with van der Waals surface area (Å²) in [5.41, 5.74) is 3.43. The maximum absolute atomic E-state index is 12.3. The van der Waals surface area contributed by atoms with Crippen LogP contribution in [-0.2, 0) is 16.1 Å². The number of rotatable bonds is 6. The number of carbonyl (C=O) groups is 1. The van der Waals surface area contributed by atoms with Crippen LogP contribution in [0.5, 0.6) is 5.75 Å². The first kappa shape index (κ1) is 22.5. The van der Waals surface area contributed by atoms with Crippen LogP contribution in [-0.4, -0.2) is 35.9 Å². The van der Waals surface area contributed by atoms with E-state index in [1.54, 1.807) is 6.20 Å². The van der Waals surface area contributed by atoms with Gasteiger partial charge in [-0.25, -0.2) is 9.78 Å². The number of ether oxygens (including phenoxy) is 3. The van der Waals surface area contributed by atoms with Crippen molar-refractivity contribution in [3.05, 3.63) is 82.9 Å². The molecule has 1 N–H and O–H groups in total. The van der Waals surface area contributed by atoms with Crippen molar-refractivity contribution in [2.24, 2.45) is 0 Å². The number of fused-ring (bicyclic) bond motifs is 1. The SMILES string of the molecule is COC(=O)c1cc(-c2nccs2)c2ccc(OCc3cccc(C4CC(O)CCO4)c3)cc2c1. The molecule has 2 atom stereocenters. The van der Waals surface area contributed by atoms with E-state index in [1.165, 1.54) is 18.4 Å². The van der Waals surface area contributed by atoms with E-state index in [-0.39, 0.29) is 12.2 Å². The van der Waals surface area contributed by atoms with E-state index in [2.05, 4.69) is 11.1 Å². The minimum Gasteiger partial charge on any atom is -0.489 e. The van der Waals surface area contributed by atoms with Crippen LogP contribution in [0.15, 0.2) is 66.2 Å². The van der Waals surface area contributed by atoms with Crippen molar-refractivity contribution in [3.63, 3.8) is 0 Å². The maximum atomic E-state index is 12.3. The minimum atomic E-state index is -0.391. The first-order valence-electron chi connectivity index (χ1n) is 11.2. The molecule has 7 heteroatoms. The van der Waals surface area contributed by atoms with Crippen LogP contribution < -0.4 is 4.74 Å². The summed E-state index contributed by atoms with van der Waals surface area (Å²) in [6.45, 7) is 0.963. The number of benzene rings is 3. The zero-order valence-corrected chi connectivity index (χ0v) is 19.6. The predicted octanol–water partition coefficient (Wildman–Crippen LogP) is 5.54. The van der Waals surface area contributed by atoms with E-state index in [4.69, 9.17) is 14.2 Å². The summed E-state index contributed by atoms with van der Waals surface area (Å²) >= 11 is 1.52. The van der Waals surface area contributed by atoms with Gasteiger partial charge in [-0.2, -0.15) is 0 Å². The van der Waals surface area contributed by atoms with E-state index in [0.29, 0.717) is 37.4 Å². The highest BCUT2D eigenvalue weighted by atomic mass is 32.1. The standard InChI is InChI=1S/C27H25NO5S/c1-31-27(30)20-12-19-13-22(5-6-23(19)24(14-20)26-28-8-10-34-26)33-16-17-3-2-4-18(11-17)25-15-21(29)7-9-32-25/h2-6,8,10-14,21,25,29H,7,9,15-16H2,1H3. The fourth-order valence-corrected chi connectivity index (χ4v) is 4.94. The van der Waals surface area contributed by atoms with Crippen molar-refractivity contribution in [2.45, 2.75) is 31.7 Å². The fraction of sp³-hybridized carbons (Fsp3) is 0.259. The molecular weight excluding hydrogens is 450 g/mol. The van der Waals surface area contributed by atoms with E-state index in [0.717, 1.165) is 32.5 Å². The van der Waals surface area contributed by atoms with E-state index in [9.17, 15) is 9.90 Å². The second kappa shape index (κ2) is 9.93. The number of aliphatic hydroxyl groups excluding tert-OH is 1. The smallest absolute Gasteiger partial charge is 0.337 e. The van der Waals surface area contributed by atoms with Gasteiger partial charge in [-0.15, -0.1) is 11.3 Å². The van der Waals surface area contributed by atoms with Gasteiger partial charge in [0.05, 0.1) is 24.9 Å². The summed E-state index contributed by atoms with van der Waals surface area (Å²) in [7, 11) is 1.38. The van der Waals surface area contributed by atoms with Gasteiger partial charge in [-0.05, 0) is 64.7 Å². The molecule has 34 heavy (non-hydrogen) atoms. The molecule has 174 valence electrons. The van der Waals surface area contributed by atoms with Gasteiger partial charge < -0.3 is 19.3 Å². The molecule has 1 fully saturated rings. The summed E-state index contributed by atoms with van der Waals surface area (Å²) in [6.07, 6.45) is 2.63. The summed E-state index contributed by atoms with van der Waals surface area (Å²) in [4.78, 5) is 16.7. The largest absolute Gasteiger partial charge is 0.489 e. The minimum absolute atomic E-state index is 0.0922. The molecule has 0 spiro atoms. The van der Waals surface area contributed by atoms with Crippen molar-refractivity contribution < 1.29 is 24.1 Å². The lowest BCUT2D eigenvalue weighted by molar-refractivity contribution is -0.0448. The molecule has 0 amide bonds. The van der Waals surface area contributed by atoms with Crippen LogP contribution in [0.3, 0.4) is 0 Å². The number of thiazole rings is 1. The fourth-order valence-electron chi connectivity index (χ4n) is 4.27. The Hall–Kier alpha value is -3.26. The molecular formula is C27H25NO5S. The number of hydrogen-bond acceptors (Lipinski definition) is 7. The predicted molar refractivity (Wildman–Crippen MR) is 131 cm³/mol. The number of methoxy groups -OCH3 is 1. The lowest BCUT2D eigenvalue weighted by Gasteiger charge is -2.27. The average molecular weight is 476 g/mol. The van der Waals surface area contributed by atoms with Crippen molar-refractivity contribution in [2.75, 3.05) is 13.7 Å². The Morgan fingerprint density at radius 1 is 1.21 bits per heavy atom. The number of aliphatic hydroxyl groups is 1. The number of carbonyl (C=O) groups excluding carboxylic acids is 1. The Morgan fingerprint density at radius 3 is 2.91 bits per heavy atom. The van der Waals surface area contributed by atoms with Crippen LogP contribution in [0.2, 0.25) is 0 Å². The molecule has 4 aromatic rings. The number of aromatic nitrogens is 1. The molecule has 2 heterocycles. The molecule has 1 aromatic heterocycles. The molecule has 3 aromatic carbocycles. The van der Waals surface area contributed by atoms with Gasteiger partial charge in [-0.3, -0.25) is 0 Å². The summed E-state index contributed by atoms with van der Waals surface area (Å²) in [5, 5.41) is 14.6. The van der Waals surface area contributed by atoms with Crippen LogP contribution in [0.1, 0.15) is 40.4 Å². The number of nitrogens with zero attached hydrogens (tertiary/aromatic N) is 1. The van der Waals surface area contributed by atoms with E-state index in [1.807, 2.05) is 53.9 Å². The molecule has 5 rings (SSSR count). The number of hydrogen-bond donors (Lipinski definition) is 1. The van der Waals surface area contributed by atoms with E-state index >= 15 is 0 Å². The first-order chi connectivity index (χ1) is 16.6. The van der Waals surface area contributed by atoms with Crippen molar-refractivity contribution in [3.8, 4) is 16.3 Å². The second-order valence-electron chi connectivity index (χ2n) is 8.31. The van der Waals surface area contributed by atoms with Crippen LogP contribution in [0.4, 0.5) is 0 Å². The maximum Gasteiger partial charge on any atom is 0.337 e. The van der Waals surface area contributed by atoms with Crippen LogP contribution >= 0.6 is 11.3 Å². The molecule has 0 radical (unpaired) electrons. The highest BCUT2D eigenvalue weighted by Crippen LogP contribution is 2.34. The third kappa shape index (κ3) is 4.82. The quantitative estimate of drug-likeness (QED) is 0.369. The van der Waals surface area contributed by atoms with Gasteiger partial charge in [-0.1, -0.05) is 18.2 Å². The van der Waals surface area contributed by atoms with Gasteiger partial charge >= 0.3 is 5.97 Å². The highest BCUT2D eigenvalue weighted by molar-refractivity contribution is 7.13. The van der Waals surface area contributed by atoms with Gasteiger partial charge in [0.2, 0.25) is 0 Å². The molecule has 1 aliphatic rings. The monoisotopic (exact) mass is 475 g/mol. The Labute approximate surface area is 201 Å². The Morgan fingerprint density at radius 2 is 2.12 bits per heavy atom. The third-order valence-corrected chi connectivity index (χ3v) is 6.80. The Bertz CT molecular complexity index is 1300. The van der Waals surface area contributed by atoms with Gasteiger partial charge in [0.15, 0.2) is 0 Å². The summed E-state index contributed by atoms with van der Waals surface area (Å²) < 4.78 is 16.9. The zero-order valence-electron chi connectivity index (χ0n) is 18.8. The molecule has 1 saturated heterocycles. The lowest BCUT2D eigenvalue weighted by atomic mass is 9.98. The molecule has 0 bridgehead atoms. The Kier molecular flexibility index (Phi) is 6.58. The lowest BCUT2D eigenvalue weighted by Crippen LogP contribution is -2.23. The first-order valence-corrected chi connectivity index (χ1v) is 12.1. The molecule has 1 aliphatic heterocycles. The second-order valence-corrected chi connectivity index (χ2v) is 9.20. The summed E-state index contributed by atoms with van der Waals surface area (Å²) in [6, 6.07) is 17.6. The molecule has 0 aliphatic carbocycles. The number of esters is 1. The summed E-state index contributed by atoms with van der Waals surface area (Å²) in [5.74, 6) is 0.312. The third-order valence-electron chi connectivity index (χ3n) is 5.99. The topological polar surface area (TPSA) is 77.9 Å². The Balaban J connectivity index is 1.40. The molecule has 6 nitrogen and oxygen atoms in total. The van der Waals surface area contributed by atoms with Crippen molar-refractivity contribution in [1.29, 1.82) is 0 Å². The van der Waals surface area contributed by atoms with Crippen molar-refractivity contribution in [1.82, 2.24) is 4.98 Å². The molecule has 0 saturated carbocycles. The average Bonchev–Trinajstić information content (AvgIpc) is 3.41. The van der Waals surface area contributed by atoms with Gasteiger partial charge in [0.25, 0.3) is 0 Å².